The fraction of sp³-hybridized carbons (Fsp3) is 0.833. The average molecular weight is 108 g/mol. The van der Waals surface area contributed by atoms with Gasteiger partial charge in [-0.3, -0.25) is 0 Å². The third kappa shape index (κ3) is 10.9. The van der Waals surface area contributed by atoms with E-state index in [0.717, 1.165) is 0 Å². The Bertz CT molecular complexity index is 16.1. The maximum atomic E-state index is 2.31. The van der Waals surface area contributed by atoms with Gasteiger partial charge >= 0.3 is 29.6 Å². The molecule has 0 unspecified atom stereocenters. The first kappa shape index (κ1) is 10.9. The van der Waals surface area contributed by atoms with Crippen LogP contribution >= 0.6 is 0 Å². The van der Waals surface area contributed by atoms with Crippen LogP contribution in [0.15, 0.2) is 0 Å². The minimum atomic E-state index is 0. The third-order valence-electron chi connectivity index (χ3n) is 0.781. The van der Waals surface area contributed by atoms with Crippen LogP contribution in [0.1, 0.15) is 33.1 Å². The topological polar surface area (TPSA) is 0 Å². The van der Waals surface area contributed by atoms with E-state index in [2.05, 4.69) is 20.3 Å². The van der Waals surface area contributed by atoms with E-state index in [1.165, 1.54) is 19.3 Å². The number of hydrogen-bond donors (Lipinski definition) is 0. The molecule has 0 rings (SSSR count). The molecule has 0 saturated heterocycles. The van der Waals surface area contributed by atoms with Gasteiger partial charge < -0.3 is 6.42 Å². The first-order chi connectivity index (χ1) is 2.91. The van der Waals surface area contributed by atoms with E-state index >= 15 is 0 Å². The Hall–Kier alpha value is 1.00. The normalized spacial score (nSPS) is 7.71. The van der Waals surface area contributed by atoms with Gasteiger partial charge in [0.1, 0.15) is 0 Å². The number of unbranched alkanes of at least 4 members (excludes halogenated alkanes) is 3. The zero-order chi connectivity index (χ0) is 4.83. The summed E-state index contributed by atoms with van der Waals surface area (Å²) in [5.74, 6) is 0. The molecule has 1 heteroatoms. The van der Waals surface area contributed by atoms with Gasteiger partial charge in [-0.1, -0.05) is 20.3 Å². The summed E-state index contributed by atoms with van der Waals surface area (Å²) in [6, 6.07) is 0. The van der Waals surface area contributed by atoms with Crippen molar-refractivity contribution in [1.82, 2.24) is 0 Å². The Labute approximate surface area is 69.0 Å². The molecule has 0 fully saturated rings. The van der Waals surface area contributed by atoms with Crippen LogP contribution in [0, 0.1) is 6.42 Å². The molecule has 0 amide bonds. The van der Waals surface area contributed by atoms with Gasteiger partial charge in [0.25, 0.3) is 0 Å². The molecule has 0 aliphatic carbocycles. The van der Waals surface area contributed by atoms with Gasteiger partial charge in [0.2, 0.25) is 0 Å². The maximum Gasteiger partial charge on any atom is 1.00 e. The zero-order valence-electron chi connectivity index (χ0n) is 5.70. The van der Waals surface area contributed by atoms with Gasteiger partial charge in [0.15, 0.2) is 0 Å². The van der Waals surface area contributed by atoms with Crippen LogP contribution in [0.2, 0.25) is 0 Å². The summed E-state index contributed by atoms with van der Waals surface area (Å²) in [7, 11) is 0. The summed E-state index contributed by atoms with van der Waals surface area (Å²) >= 11 is 0. The SMILES string of the molecule is CC[CH-]CCC.[Na+]. The van der Waals surface area contributed by atoms with E-state index in [1.54, 1.807) is 0 Å². The van der Waals surface area contributed by atoms with Crippen LogP contribution in [-0.4, -0.2) is 0 Å². The fourth-order valence-electron chi connectivity index (χ4n) is 0.408. The molecule has 0 aromatic rings. The smallest absolute Gasteiger partial charge is 0.329 e. The van der Waals surface area contributed by atoms with Gasteiger partial charge in [-0.25, -0.2) is 0 Å². The Morgan fingerprint density at radius 2 is 1.86 bits per heavy atom. The second-order valence-electron chi connectivity index (χ2n) is 1.49. The third-order valence-corrected chi connectivity index (χ3v) is 0.781. The summed E-state index contributed by atoms with van der Waals surface area (Å²) in [4.78, 5) is 0. The monoisotopic (exact) mass is 108 g/mol. The predicted molar refractivity (Wildman–Crippen MR) is 29.5 cm³/mol. The summed E-state index contributed by atoms with van der Waals surface area (Å²) < 4.78 is 0. The molecule has 0 aliphatic rings. The standard InChI is InChI=1S/C6H13.Na/c1-3-5-6-4-2;/h5H,3-4,6H2,1-2H3;/q-1;+1. The van der Waals surface area contributed by atoms with Crippen LogP contribution in [-0.2, 0) is 0 Å². The molecule has 0 bridgehead atoms. The summed E-state index contributed by atoms with van der Waals surface area (Å²) in [5, 5.41) is 0. The molecule has 0 atom stereocenters. The van der Waals surface area contributed by atoms with E-state index in [0.29, 0.717) is 0 Å². The van der Waals surface area contributed by atoms with Crippen molar-refractivity contribution in [3.05, 3.63) is 6.42 Å². The largest absolute Gasteiger partial charge is 1.00 e. The Kier molecular flexibility index (Phi) is 15.7. The minimum Gasteiger partial charge on any atom is -0.329 e. The van der Waals surface area contributed by atoms with Gasteiger partial charge in [-0.2, -0.15) is 12.8 Å². The fourth-order valence-corrected chi connectivity index (χ4v) is 0.408. The molecule has 0 aromatic heterocycles. The van der Waals surface area contributed by atoms with E-state index in [4.69, 9.17) is 0 Å². The predicted octanol–water partition coefficient (Wildman–Crippen LogP) is -0.595. The summed E-state index contributed by atoms with van der Waals surface area (Å²) in [6.45, 7) is 4.38. The zero-order valence-corrected chi connectivity index (χ0v) is 7.70. The van der Waals surface area contributed by atoms with Crippen molar-refractivity contribution in [3.8, 4) is 0 Å². The van der Waals surface area contributed by atoms with Crippen LogP contribution in [0.3, 0.4) is 0 Å². The molecule has 38 valence electrons. The van der Waals surface area contributed by atoms with Crippen molar-refractivity contribution in [3.63, 3.8) is 0 Å². The molecule has 0 spiro atoms. The Balaban J connectivity index is 0. The second kappa shape index (κ2) is 10.1. The molecule has 0 nitrogen and oxygen atoms in total. The number of rotatable bonds is 3. The van der Waals surface area contributed by atoms with Crippen molar-refractivity contribution in [2.75, 3.05) is 0 Å². The van der Waals surface area contributed by atoms with Gasteiger partial charge in [0, 0.05) is 0 Å². The van der Waals surface area contributed by atoms with Crippen molar-refractivity contribution in [2.24, 2.45) is 0 Å². The Morgan fingerprint density at radius 1 is 1.29 bits per heavy atom. The van der Waals surface area contributed by atoms with Crippen LogP contribution in [0.5, 0.6) is 0 Å². The van der Waals surface area contributed by atoms with Gasteiger partial charge in [0.05, 0.1) is 0 Å². The molecular formula is C6H13Na. The molecule has 7 heavy (non-hydrogen) atoms. The molecular weight excluding hydrogens is 95.1 g/mol. The van der Waals surface area contributed by atoms with Crippen molar-refractivity contribution >= 4 is 0 Å². The maximum absolute atomic E-state index is 2.31. The van der Waals surface area contributed by atoms with Gasteiger partial charge in [-0.05, 0) is 0 Å². The van der Waals surface area contributed by atoms with Crippen molar-refractivity contribution in [1.29, 1.82) is 0 Å². The first-order valence-corrected chi connectivity index (χ1v) is 2.73. The minimum absolute atomic E-state index is 0. The molecule has 0 aliphatic heterocycles. The van der Waals surface area contributed by atoms with E-state index in [1.807, 2.05) is 0 Å². The number of hydrogen-bond acceptors (Lipinski definition) is 0. The summed E-state index contributed by atoms with van der Waals surface area (Å²) in [6.07, 6.45) is 6.12. The van der Waals surface area contributed by atoms with Crippen LogP contribution in [0.4, 0.5) is 0 Å². The second-order valence-corrected chi connectivity index (χ2v) is 1.49. The molecule has 0 heterocycles. The van der Waals surface area contributed by atoms with Crippen LogP contribution in [0.25, 0.3) is 0 Å². The molecule has 0 N–H and O–H groups in total. The van der Waals surface area contributed by atoms with E-state index in [-0.39, 0.29) is 29.6 Å². The first-order valence-electron chi connectivity index (χ1n) is 2.73. The Morgan fingerprint density at radius 3 is 2.00 bits per heavy atom. The van der Waals surface area contributed by atoms with E-state index < -0.39 is 0 Å². The average Bonchev–Trinajstić information content (AvgIpc) is 1.61. The summed E-state index contributed by atoms with van der Waals surface area (Å²) in [5.41, 5.74) is 0. The molecule has 0 aromatic carbocycles. The van der Waals surface area contributed by atoms with Crippen molar-refractivity contribution in [2.45, 2.75) is 33.1 Å². The van der Waals surface area contributed by atoms with Crippen LogP contribution < -0.4 is 29.6 Å². The van der Waals surface area contributed by atoms with Crippen molar-refractivity contribution < 1.29 is 29.6 Å². The quantitative estimate of drug-likeness (QED) is 0.257. The molecule has 0 saturated carbocycles. The molecule has 0 radical (unpaired) electrons. The van der Waals surface area contributed by atoms with Gasteiger partial charge in [-0.15, -0.1) is 0 Å². The van der Waals surface area contributed by atoms with E-state index in [9.17, 15) is 0 Å².